The van der Waals surface area contributed by atoms with Gasteiger partial charge < -0.3 is 4.90 Å². The number of hydrogen-bond donors (Lipinski definition) is 0. The Labute approximate surface area is 185 Å². The maximum atomic E-state index is 13.5. The summed E-state index contributed by atoms with van der Waals surface area (Å²) in [5, 5.41) is 0. The molecule has 2 heterocycles. The van der Waals surface area contributed by atoms with Gasteiger partial charge in [0.05, 0.1) is 0 Å². The van der Waals surface area contributed by atoms with Crippen molar-refractivity contribution in [2.75, 3.05) is 37.6 Å². The van der Waals surface area contributed by atoms with Gasteiger partial charge in [0.25, 0.3) is 0 Å². The molecule has 0 aliphatic carbocycles. The Balaban J connectivity index is 1.34. The maximum absolute atomic E-state index is 13.5. The quantitative estimate of drug-likeness (QED) is 0.501. The van der Waals surface area contributed by atoms with Crippen LogP contribution in [0.25, 0.3) is 0 Å². The Morgan fingerprint density at radius 1 is 0.871 bits per heavy atom. The first kappa shape index (κ1) is 21.5. The second kappa shape index (κ2) is 10.1. The van der Waals surface area contributed by atoms with Crippen LogP contribution in [0.4, 0.5) is 10.2 Å². The van der Waals surface area contributed by atoms with Crippen molar-refractivity contribution < 1.29 is 4.39 Å². The van der Waals surface area contributed by atoms with Crippen LogP contribution in [0.15, 0.2) is 66.9 Å². The van der Waals surface area contributed by atoms with Crippen molar-refractivity contribution in [1.82, 2.24) is 9.88 Å². The lowest BCUT2D eigenvalue weighted by Gasteiger charge is -2.36. The smallest absolute Gasteiger partial charge is 0.131 e. The van der Waals surface area contributed by atoms with Crippen molar-refractivity contribution in [1.29, 1.82) is 0 Å². The lowest BCUT2D eigenvalue weighted by atomic mass is 9.87. The zero-order valence-corrected chi connectivity index (χ0v) is 18.6. The summed E-state index contributed by atoms with van der Waals surface area (Å²) in [6, 6.07) is 20.0. The summed E-state index contributed by atoms with van der Waals surface area (Å²) in [5.41, 5.74) is 5.02. The number of aryl methyl sites for hydroxylation is 2. The molecule has 0 bridgehead atoms. The molecule has 1 aromatic heterocycles. The predicted molar refractivity (Wildman–Crippen MR) is 126 cm³/mol. The van der Waals surface area contributed by atoms with Gasteiger partial charge in [-0.1, -0.05) is 48.0 Å². The van der Waals surface area contributed by atoms with Crippen LogP contribution in [0.5, 0.6) is 0 Å². The molecule has 1 saturated heterocycles. The lowest BCUT2D eigenvalue weighted by molar-refractivity contribution is 0.251. The molecule has 0 radical (unpaired) electrons. The normalized spacial score (nSPS) is 15.8. The molecule has 3 aromatic rings. The third-order valence-corrected chi connectivity index (χ3v) is 6.37. The number of rotatable bonds is 7. The molecule has 0 saturated carbocycles. The fourth-order valence-electron chi connectivity index (χ4n) is 4.53. The molecule has 1 aliphatic rings. The highest BCUT2D eigenvalue weighted by Crippen LogP contribution is 2.30. The molecule has 0 amide bonds. The predicted octanol–water partition coefficient (Wildman–Crippen LogP) is 5.57. The molecule has 0 spiro atoms. The van der Waals surface area contributed by atoms with Crippen LogP contribution in [-0.4, -0.2) is 42.6 Å². The summed E-state index contributed by atoms with van der Waals surface area (Å²) >= 11 is 0. The number of pyridine rings is 1. The van der Waals surface area contributed by atoms with E-state index in [4.69, 9.17) is 0 Å². The SMILES string of the molecule is Cc1ccc(C(CCCN2CCN(c3ncccc3C)CC2)c2ccc(F)cc2)cc1. The van der Waals surface area contributed by atoms with Gasteiger partial charge in [0.15, 0.2) is 0 Å². The Bertz CT molecular complexity index is 915. The number of hydrogen-bond acceptors (Lipinski definition) is 3. The average molecular weight is 418 g/mol. The average Bonchev–Trinajstić information content (AvgIpc) is 2.79. The first-order chi connectivity index (χ1) is 15.1. The van der Waals surface area contributed by atoms with Gasteiger partial charge in [-0.05, 0) is 68.1 Å². The van der Waals surface area contributed by atoms with Crippen LogP contribution in [-0.2, 0) is 0 Å². The number of aromatic nitrogens is 1. The van der Waals surface area contributed by atoms with Crippen molar-refractivity contribution in [3.05, 3.63) is 94.9 Å². The van der Waals surface area contributed by atoms with E-state index in [1.165, 1.54) is 22.3 Å². The summed E-state index contributed by atoms with van der Waals surface area (Å²) in [4.78, 5) is 9.54. The largest absolute Gasteiger partial charge is 0.354 e. The van der Waals surface area contributed by atoms with Gasteiger partial charge in [-0.25, -0.2) is 9.37 Å². The van der Waals surface area contributed by atoms with Crippen LogP contribution in [0, 0.1) is 19.7 Å². The van der Waals surface area contributed by atoms with Crippen molar-refractivity contribution in [2.24, 2.45) is 0 Å². The molecular weight excluding hydrogens is 385 g/mol. The van der Waals surface area contributed by atoms with Crippen LogP contribution in [0.2, 0.25) is 0 Å². The molecule has 4 heteroatoms. The van der Waals surface area contributed by atoms with Crippen LogP contribution >= 0.6 is 0 Å². The number of nitrogens with zero attached hydrogens (tertiary/aromatic N) is 3. The fourth-order valence-corrected chi connectivity index (χ4v) is 4.53. The molecule has 4 rings (SSSR count). The first-order valence-electron chi connectivity index (χ1n) is 11.3. The van der Waals surface area contributed by atoms with E-state index in [-0.39, 0.29) is 5.82 Å². The summed E-state index contributed by atoms with van der Waals surface area (Å²) in [5.74, 6) is 1.25. The van der Waals surface area contributed by atoms with Crippen LogP contribution < -0.4 is 4.90 Å². The van der Waals surface area contributed by atoms with Gasteiger partial charge in [-0.2, -0.15) is 0 Å². The summed E-state index contributed by atoms with van der Waals surface area (Å²) in [6.45, 7) is 9.54. The summed E-state index contributed by atoms with van der Waals surface area (Å²) in [6.07, 6.45) is 4.07. The number of benzene rings is 2. The van der Waals surface area contributed by atoms with Crippen molar-refractivity contribution in [2.45, 2.75) is 32.6 Å². The van der Waals surface area contributed by atoms with E-state index in [1.807, 2.05) is 24.4 Å². The third kappa shape index (κ3) is 5.50. The minimum atomic E-state index is -0.174. The molecule has 0 N–H and O–H groups in total. The van der Waals surface area contributed by atoms with Gasteiger partial charge in [-0.15, -0.1) is 0 Å². The molecular formula is C27H32FN3. The van der Waals surface area contributed by atoms with E-state index in [2.05, 4.69) is 59.0 Å². The van der Waals surface area contributed by atoms with Crippen molar-refractivity contribution >= 4 is 5.82 Å². The standard InChI is InChI=1S/C27H32FN3/c1-21-7-9-23(10-8-21)26(24-11-13-25(28)14-12-24)6-4-16-30-17-19-31(20-18-30)27-22(2)5-3-15-29-27/h3,5,7-15,26H,4,6,16-20H2,1-2H3. The highest BCUT2D eigenvalue weighted by molar-refractivity contribution is 5.46. The van der Waals surface area contributed by atoms with Crippen LogP contribution in [0.3, 0.4) is 0 Å². The maximum Gasteiger partial charge on any atom is 0.131 e. The van der Waals surface area contributed by atoms with Gasteiger partial charge >= 0.3 is 0 Å². The van der Waals surface area contributed by atoms with E-state index < -0.39 is 0 Å². The van der Waals surface area contributed by atoms with E-state index in [9.17, 15) is 4.39 Å². The van der Waals surface area contributed by atoms with Crippen molar-refractivity contribution in [3.63, 3.8) is 0 Å². The topological polar surface area (TPSA) is 19.4 Å². The first-order valence-corrected chi connectivity index (χ1v) is 11.3. The van der Waals surface area contributed by atoms with Gasteiger partial charge in [0.1, 0.15) is 11.6 Å². The third-order valence-electron chi connectivity index (χ3n) is 6.37. The highest BCUT2D eigenvalue weighted by atomic mass is 19.1. The molecule has 2 aromatic carbocycles. The molecule has 162 valence electrons. The lowest BCUT2D eigenvalue weighted by Crippen LogP contribution is -2.47. The molecule has 1 unspecified atom stereocenters. The minimum Gasteiger partial charge on any atom is -0.354 e. The van der Waals surface area contributed by atoms with Gasteiger partial charge in [0.2, 0.25) is 0 Å². The Hall–Kier alpha value is -2.72. The summed E-state index contributed by atoms with van der Waals surface area (Å²) < 4.78 is 13.5. The molecule has 31 heavy (non-hydrogen) atoms. The fraction of sp³-hybridized carbons (Fsp3) is 0.370. The second-order valence-corrected chi connectivity index (χ2v) is 8.63. The number of halogens is 1. The van der Waals surface area contributed by atoms with Crippen LogP contribution in [0.1, 0.15) is 41.0 Å². The van der Waals surface area contributed by atoms with E-state index in [0.717, 1.165) is 51.4 Å². The minimum absolute atomic E-state index is 0.174. The second-order valence-electron chi connectivity index (χ2n) is 8.63. The highest BCUT2D eigenvalue weighted by Gasteiger charge is 2.20. The van der Waals surface area contributed by atoms with Crippen molar-refractivity contribution in [3.8, 4) is 0 Å². The molecule has 1 aliphatic heterocycles. The van der Waals surface area contributed by atoms with Gasteiger partial charge in [-0.3, -0.25) is 4.90 Å². The van der Waals surface area contributed by atoms with E-state index in [1.54, 1.807) is 12.1 Å². The Kier molecular flexibility index (Phi) is 6.98. The number of anilines is 1. The van der Waals surface area contributed by atoms with E-state index >= 15 is 0 Å². The number of piperazine rings is 1. The van der Waals surface area contributed by atoms with E-state index in [0.29, 0.717) is 5.92 Å². The molecule has 1 fully saturated rings. The Morgan fingerprint density at radius 3 is 2.16 bits per heavy atom. The Morgan fingerprint density at radius 2 is 1.52 bits per heavy atom. The molecule has 3 nitrogen and oxygen atoms in total. The zero-order valence-electron chi connectivity index (χ0n) is 18.6. The zero-order chi connectivity index (χ0) is 21.6. The van der Waals surface area contributed by atoms with Gasteiger partial charge in [0, 0.05) is 38.3 Å². The molecule has 1 atom stereocenters. The summed E-state index contributed by atoms with van der Waals surface area (Å²) in [7, 11) is 0. The monoisotopic (exact) mass is 417 g/mol.